The molecular formula is C15H19NOS. The van der Waals surface area contributed by atoms with Gasteiger partial charge in [-0.15, -0.1) is 11.3 Å². The van der Waals surface area contributed by atoms with E-state index >= 15 is 0 Å². The highest BCUT2D eigenvalue weighted by Gasteiger charge is 2.07. The second-order valence-corrected chi connectivity index (χ2v) is 5.50. The van der Waals surface area contributed by atoms with E-state index in [1.54, 1.807) is 11.3 Å². The molecule has 0 amide bonds. The van der Waals surface area contributed by atoms with Crippen LogP contribution in [0.3, 0.4) is 0 Å². The van der Waals surface area contributed by atoms with Gasteiger partial charge in [-0.05, 0) is 54.9 Å². The van der Waals surface area contributed by atoms with E-state index in [9.17, 15) is 0 Å². The van der Waals surface area contributed by atoms with Crippen LogP contribution in [0.1, 0.15) is 21.6 Å². The van der Waals surface area contributed by atoms with Crippen molar-refractivity contribution in [1.82, 2.24) is 0 Å². The lowest BCUT2D eigenvalue weighted by atomic mass is 10.0. The van der Waals surface area contributed by atoms with Crippen molar-refractivity contribution in [3.05, 3.63) is 51.2 Å². The van der Waals surface area contributed by atoms with Gasteiger partial charge in [-0.25, -0.2) is 0 Å². The van der Waals surface area contributed by atoms with Crippen molar-refractivity contribution in [3.63, 3.8) is 0 Å². The molecule has 2 N–H and O–H groups in total. The fourth-order valence-electron chi connectivity index (χ4n) is 2.12. The normalized spacial score (nSPS) is 10.6. The first-order valence-corrected chi connectivity index (χ1v) is 7.04. The van der Waals surface area contributed by atoms with Crippen molar-refractivity contribution in [2.45, 2.75) is 26.9 Å². The summed E-state index contributed by atoms with van der Waals surface area (Å²) in [6, 6.07) is 8.48. The number of aryl methyl sites for hydroxylation is 2. The van der Waals surface area contributed by atoms with E-state index in [-0.39, 0.29) is 0 Å². The molecule has 0 unspecified atom stereocenters. The van der Waals surface area contributed by atoms with Gasteiger partial charge in [0.15, 0.2) is 0 Å². The minimum atomic E-state index is 0.648. The number of thiophene rings is 1. The van der Waals surface area contributed by atoms with Gasteiger partial charge in [-0.1, -0.05) is 18.2 Å². The smallest absolute Gasteiger partial charge is 0.125 e. The highest BCUT2D eigenvalue weighted by molar-refractivity contribution is 7.09. The van der Waals surface area contributed by atoms with E-state index in [0.29, 0.717) is 13.2 Å². The van der Waals surface area contributed by atoms with Gasteiger partial charge in [-0.3, -0.25) is 0 Å². The van der Waals surface area contributed by atoms with Gasteiger partial charge in [0.25, 0.3) is 0 Å². The Bertz CT molecular complexity index is 482. The molecule has 0 spiro atoms. The lowest BCUT2D eigenvalue weighted by Gasteiger charge is -2.13. The molecular weight excluding hydrogens is 242 g/mol. The molecule has 0 fully saturated rings. The third kappa shape index (κ3) is 3.12. The highest BCUT2D eigenvalue weighted by Crippen LogP contribution is 2.26. The van der Waals surface area contributed by atoms with Crippen LogP contribution >= 0.6 is 11.3 Å². The Balaban J connectivity index is 2.12. The molecule has 0 saturated heterocycles. The lowest BCUT2D eigenvalue weighted by molar-refractivity contribution is 0.305. The Hall–Kier alpha value is -1.32. The van der Waals surface area contributed by atoms with Crippen LogP contribution in [0.4, 0.5) is 0 Å². The SMILES string of the molecule is Cc1cc(CCN)cc(C)c1OCc1cccs1. The second kappa shape index (κ2) is 6.03. The van der Waals surface area contributed by atoms with E-state index in [1.807, 2.05) is 6.07 Å². The molecule has 0 aliphatic heterocycles. The van der Waals surface area contributed by atoms with Crippen LogP contribution in [-0.2, 0) is 13.0 Å². The maximum atomic E-state index is 5.92. The van der Waals surface area contributed by atoms with Gasteiger partial charge < -0.3 is 10.5 Å². The second-order valence-electron chi connectivity index (χ2n) is 4.47. The predicted octanol–water partition coefficient (Wildman–Crippen LogP) is 3.45. The highest BCUT2D eigenvalue weighted by atomic mass is 32.1. The van der Waals surface area contributed by atoms with Crippen molar-refractivity contribution >= 4 is 11.3 Å². The van der Waals surface area contributed by atoms with Crippen molar-refractivity contribution in [2.75, 3.05) is 6.54 Å². The van der Waals surface area contributed by atoms with Crippen molar-refractivity contribution in [2.24, 2.45) is 5.73 Å². The summed E-state index contributed by atoms with van der Waals surface area (Å²) in [5.74, 6) is 1.00. The molecule has 0 atom stereocenters. The average Bonchev–Trinajstić information content (AvgIpc) is 2.81. The van der Waals surface area contributed by atoms with E-state index < -0.39 is 0 Å². The third-order valence-electron chi connectivity index (χ3n) is 2.89. The predicted molar refractivity (Wildman–Crippen MR) is 77.3 cm³/mol. The van der Waals surface area contributed by atoms with E-state index in [0.717, 1.165) is 12.2 Å². The molecule has 3 heteroatoms. The summed E-state index contributed by atoms with van der Waals surface area (Å²) in [5, 5.41) is 2.07. The fourth-order valence-corrected chi connectivity index (χ4v) is 2.73. The van der Waals surface area contributed by atoms with Crippen LogP contribution < -0.4 is 10.5 Å². The molecule has 2 rings (SSSR count). The minimum absolute atomic E-state index is 0.648. The monoisotopic (exact) mass is 261 g/mol. The van der Waals surface area contributed by atoms with Gasteiger partial charge in [0, 0.05) is 4.88 Å². The lowest BCUT2D eigenvalue weighted by Crippen LogP contribution is -2.04. The summed E-state index contributed by atoms with van der Waals surface area (Å²) < 4.78 is 5.92. The van der Waals surface area contributed by atoms with Gasteiger partial charge in [0.2, 0.25) is 0 Å². The Morgan fingerprint density at radius 3 is 2.50 bits per heavy atom. The molecule has 2 nitrogen and oxygen atoms in total. The number of nitrogens with two attached hydrogens (primary N) is 1. The zero-order valence-corrected chi connectivity index (χ0v) is 11.7. The summed E-state index contributed by atoms with van der Waals surface area (Å²) in [6.07, 6.45) is 0.923. The molecule has 0 aliphatic rings. The summed E-state index contributed by atoms with van der Waals surface area (Å²) in [7, 11) is 0. The quantitative estimate of drug-likeness (QED) is 0.894. The van der Waals surface area contributed by atoms with E-state index in [4.69, 9.17) is 10.5 Å². The van der Waals surface area contributed by atoms with Gasteiger partial charge >= 0.3 is 0 Å². The van der Waals surface area contributed by atoms with E-state index in [1.165, 1.54) is 21.6 Å². The first-order chi connectivity index (χ1) is 8.70. The van der Waals surface area contributed by atoms with Crippen molar-refractivity contribution in [3.8, 4) is 5.75 Å². The van der Waals surface area contributed by atoms with Crippen LogP contribution in [0, 0.1) is 13.8 Å². The van der Waals surface area contributed by atoms with Crippen LogP contribution in [0.25, 0.3) is 0 Å². The molecule has 2 aromatic rings. The zero-order chi connectivity index (χ0) is 13.0. The largest absolute Gasteiger partial charge is 0.488 e. The molecule has 1 heterocycles. The standard InChI is InChI=1S/C15H19NOS/c1-11-8-13(5-6-16)9-12(2)15(11)17-10-14-4-3-7-18-14/h3-4,7-9H,5-6,10,16H2,1-2H3. The molecule has 0 aliphatic carbocycles. The Kier molecular flexibility index (Phi) is 4.39. The molecule has 18 heavy (non-hydrogen) atoms. The zero-order valence-electron chi connectivity index (χ0n) is 10.9. The first kappa shape index (κ1) is 13.1. The topological polar surface area (TPSA) is 35.2 Å². The van der Waals surface area contributed by atoms with Crippen molar-refractivity contribution < 1.29 is 4.74 Å². The number of ether oxygens (including phenoxy) is 1. The first-order valence-electron chi connectivity index (χ1n) is 6.16. The number of hydrogen-bond acceptors (Lipinski definition) is 3. The molecule has 0 saturated carbocycles. The van der Waals surface area contributed by atoms with Gasteiger partial charge in [0.05, 0.1) is 0 Å². The van der Waals surface area contributed by atoms with Crippen LogP contribution in [0.2, 0.25) is 0 Å². The number of benzene rings is 1. The maximum Gasteiger partial charge on any atom is 0.125 e. The molecule has 1 aromatic heterocycles. The Morgan fingerprint density at radius 2 is 1.94 bits per heavy atom. The summed E-state index contributed by atoms with van der Waals surface area (Å²) in [5.41, 5.74) is 9.26. The summed E-state index contributed by atoms with van der Waals surface area (Å²) in [4.78, 5) is 1.25. The van der Waals surface area contributed by atoms with Crippen LogP contribution in [-0.4, -0.2) is 6.54 Å². The minimum Gasteiger partial charge on any atom is -0.488 e. The molecule has 96 valence electrons. The van der Waals surface area contributed by atoms with Crippen LogP contribution in [0.5, 0.6) is 5.75 Å². The Labute approximate surface area is 112 Å². The summed E-state index contributed by atoms with van der Waals surface area (Å²) >= 11 is 1.72. The number of rotatable bonds is 5. The Morgan fingerprint density at radius 1 is 1.22 bits per heavy atom. The fraction of sp³-hybridized carbons (Fsp3) is 0.333. The van der Waals surface area contributed by atoms with E-state index in [2.05, 4.69) is 37.4 Å². The molecule has 0 radical (unpaired) electrons. The van der Waals surface area contributed by atoms with Crippen molar-refractivity contribution in [1.29, 1.82) is 0 Å². The summed E-state index contributed by atoms with van der Waals surface area (Å²) in [6.45, 7) is 5.53. The molecule has 0 bridgehead atoms. The van der Waals surface area contributed by atoms with Gasteiger partial charge in [-0.2, -0.15) is 0 Å². The maximum absolute atomic E-state index is 5.92. The van der Waals surface area contributed by atoms with Gasteiger partial charge in [0.1, 0.15) is 12.4 Å². The number of hydrogen-bond donors (Lipinski definition) is 1. The van der Waals surface area contributed by atoms with Crippen LogP contribution in [0.15, 0.2) is 29.6 Å². The molecule has 1 aromatic carbocycles. The average molecular weight is 261 g/mol. The third-order valence-corrected chi connectivity index (χ3v) is 3.74.